The molecule has 172 valence electrons. The van der Waals surface area contributed by atoms with Crippen molar-refractivity contribution in [2.24, 2.45) is 11.3 Å². The number of amides is 1. The lowest BCUT2D eigenvalue weighted by molar-refractivity contribution is -0.142. The van der Waals surface area contributed by atoms with Crippen molar-refractivity contribution in [1.29, 1.82) is 0 Å². The molecule has 0 saturated carbocycles. The summed E-state index contributed by atoms with van der Waals surface area (Å²) in [6, 6.07) is 6.21. The summed E-state index contributed by atoms with van der Waals surface area (Å²) < 4.78 is 0. The van der Waals surface area contributed by atoms with E-state index in [1.165, 1.54) is 0 Å². The Bertz CT molecular complexity index is 879. The molecule has 1 amide bonds. The fraction of sp³-hybridized carbons (Fsp3) is 0.615. The van der Waals surface area contributed by atoms with Gasteiger partial charge in [0.15, 0.2) is 0 Å². The summed E-state index contributed by atoms with van der Waals surface area (Å²) in [4.78, 5) is 26.2. The van der Waals surface area contributed by atoms with E-state index in [-0.39, 0.29) is 30.1 Å². The average molecular weight is 448 g/mol. The van der Waals surface area contributed by atoms with Crippen LogP contribution >= 0.6 is 11.6 Å². The smallest absolute Gasteiger partial charge is 0.305 e. The predicted molar refractivity (Wildman–Crippen MR) is 127 cm³/mol. The SMILES string of the molecule is CC(C)C1=CN(C(C)(C)CC(=O)O)C(=O)C[C@@]1(C)c1ccc(CCC(C)(C)C)c(Cl)c1. The molecule has 2 rings (SSSR count). The van der Waals surface area contributed by atoms with E-state index in [4.69, 9.17) is 11.6 Å². The highest BCUT2D eigenvalue weighted by Gasteiger charge is 2.44. The molecule has 1 atom stereocenters. The van der Waals surface area contributed by atoms with Crippen molar-refractivity contribution in [3.05, 3.63) is 46.1 Å². The Morgan fingerprint density at radius 3 is 2.32 bits per heavy atom. The van der Waals surface area contributed by atoms with Crippen molar-refractivity contribution >= 4 is 23.5 Å². The number of carbonyl (C=O) groups is 2. The van der Waals surface area contributed by atoms with Gasteiger partial charge in [0.1, 0.15) is 0 Å². The van der Waals surface area contributed by atoms with Crippen LogP contribution in [-0.2, 0) is 21.4 Å². The number of carbonyl (C=O) groups excluding carboxylic acids is 1. The molecule has 1 aliphatic rings. The van der Waals surface area contributed by atoms with E-state index in [0.717, 1.165) is 34.6 Å². The maximum absolute atomic E-state index is 13.2. The van der Waals surface area contributed by atoms with E-state index in [1.807, 2.05) is 12.3 Å². The Morgan fingerprint density at radius 1 is 1.23 bits per heavy atom. The quantitative estimate of drug-likeness (QED) is 0.512. The minimum absolute atomic E-state index is 0.0638. The van der Waals surface area contributed by atoms with Crippen LogP contribution in [0.1, 0.15) is 85.8 Å². The minimum Gasteiger partial charge on any atom is -0.481 e. The second kappa shape index (κ2) is 8.97. The number of aryl methyl sites for hydroxylation is 1. The van der Waals surface area contributed by atoms with E-state index < -0.39 is 16.9 Å². The van der Waals surface area contributed by atoms with Crippen molar-refractivity contribution in [1.82, 2.24) is 4.90 Å². The van der Waals surface area contributed by atoms with Gasteiger partial charge in [-0.3, -0.25) is 9.59 Å². The molecule has 0 aromatic heterocycles. The van der Waals surface area contributed by atoms with Crippen LogP contribution in [0, 0.1) is 11.3 Å². The minimum atomic E-state index is -0.914. The van der Waals surface area contributed by atoms with Gasteiger partial charge in [-0.05, 0) is 60.8 Å². The van der Waals surface area contributed by atoms with E-state index in [1.54, 1.807) is 18.7 Å². The van der Waals surface area contributed by atoms with Crippen molar-refractivity contribution in [2.75, 3.05) is 0 Å². The zero-order valence-corrected chi connectivity index (χ0v) is 21.1. The summed E-state index contributed by atoms with van der Waals surface area (Å²) >= 11 is 6.68. The third-order valence-electron chi connectivity index (χ3n) is 6.37. The van der Waals surface area contributed by atoms with Crippen LogP contribution in [0.3, 0.4) is 0 Å². The Morgan fingerprint density at radius 2 is 1.84 bits per heavy atom. The topological polar surface area (TPSA) is 57.6 Å². The van der Waals surface area contributed by atoms with Gasteiger partial charge in [0.05, 0.1) is 12.0 Å². The van der Waals surface area contributed by atoms with Crippen molar-refractivity contribution in [3.8, 4) is 0 Å². The van der Waals surface area contributed by atoms with Crippen LogP contribution < -0.4 is 0 Å². The maximum Gasteiger partial charge on any atom is 0.305 e. The maximum atomic E-state index is 13.2. The number of hydrogen-bond acceptors (Lipinski definition) is 2. The standard InChI is InChI=1S/C26H38ClNO3/c1-17(2)20-16-28(25(6,7)15-23(30)31)22(29)14-26(20,8)19-10-9-18(21(27)13-19)11-12-24(3,4)5/h9-10,13,16-17H,11-12,14-15H2,1-8H3,(H,30,31)/t26-/m0/s1. The molecule has 4 nitrogen and oxygen atoms in total. The van der Waals surface area contributed by atoms with E-state index in [2.05, 4.69) is 53.7 Å². The number of carboxylic acid groups (broad SMARTS) is 1. The monoisotopic (exact) mass is 447 g/mol. The summed E-state index contributed by atoms with van der Waals surface area (Å²) in [6.07, 6.45) is 4.04. The summed E-state index contributed by atoms with van der Waals surface area (Å²) in [5.74, 6) is -0.782. The zero-order chi connectivity index (χ0) is 23.8. The molecule has 0 saturated heterocycles. The third kappa shape index (κ3) is 5.91. The first-order chi connectivity index (χ1) is 14.1. The molecule has 0 aliphatic carbocycles. The van der Waals surface area contributed by atoms with Gasteiger partial charge in [-0.1, -0.05) is 65.3 Å². The predicted octanol–water partition coefficient (Wildman–Crippen LogP) is 6.60. The summed E-state index contributed by atoms with van der Waals surface area (Å²) in [5, 5.41) is 10.0. The van der Waals surface area contributed by atoms with Crippen molar-refractivity contribution in [3.63, 3.8) is 0 Å². The highest BCUT2D eigenvalue weighted by Crippen LogP contribution is 2.45. The van der Waals surface area contributed by atoms with Gasteiger partial charge in [0.25, 0.3) is 0 Å². The van der Waals surface area contributed by atoms with Gasteiger partial charge in [0, 0.05) is 23.1 Å². The Balaban J connectivity index is 2.46. The Labute approximate surface area is 192 Å². The number of hydrogen-bond donors (Lipinski definition) is 1. The lowest BCUT2D eigenvalue weighted by Crippen LogP contribution is -2.51. The normalized spacial score (nSPS) is 20.3. The fourth-order valence-corrected chi connectivity index (χ4v) is 4.74. The summed E-state index contributed by atoms with van der Waals surface area (Å²) in [6.45, 7) is 16.6. The van der Waals surface area contributed by atoms with Gasteiger partial charge >= 0.3 is 5.97 Å². The highest BCUT2D eigenvalue weighted by molar-refractivity contribution is 6.31. The van der Waals surface area contributed by atoms with Crippen molar-refractivity contribution < 1.29 is 14.7 Å². The first-order valence-electron chi connectivity index (χ1n) is 11.1. The van der Waals surface area contributed by atoms with E-state index >= 15 is 0 Å². The molecule has 1 heterocycles. The number of halogens is 1. The molecule has 5 heteroatoms. The lowest BCUT2D eigenvalue weighted by atomic mass is 9.67. The average Bonchev–Trinajstić information content (AvgIpc) is 2.58. The Kier molecular flexibility index (Phi) is 7.37. The number of nitrogens with zero attached hydrogens (tertiary/aromatic N) is 1. The molecular formula is C26H38ClNO3. The lowest BCUT2D eigenvalue weighted by Gasteiger charge is -2.46. The van der Waals surface area contributed by atoms with Crippen LogP contribution in [-0.4, -0.2) is 27.4 Å². The number of carboxylic acids is 1. The first-order valence-corrected chi connectivity index (χ1v) is 11.5. The molecular weight excluding hydrogens is 410 g/mol. The number of rotatable bonds is 7. The van der Waals surface area contributed by atoms with Gasteiger partial charge in [0.2, 0.25) is 5.91 Å². The highest BCUT2D eigenvalue weighted by atomic mass is 35.5. The molecule has 1 aromatic rings. The third-order valence-corrected chi connectivity index (χ3v) is 6.72. The molecule has 1 aromatic carbocycles. The van der Waals surface area contributed by atoms with Crippen molar-refractivity contribution in [2.45, 2.75) is 92.0 Å². The van der Waals surface area contributed by atoms with E-state index in [9.17, 15) is 14.7 Å². The molecule has 0 radical (unpaired) electrons. The van der Waals surface area contributed by atoms with Crippen LogP contribution in [0.5, 0.6) is 0 Å². The second-order valence-corrected chi connectivity index (χ2v) is 11.7. The summed E-state index contributed by atoms with van der Waals surface area (Å²) in [7, 11) is 0. The molecule has 0 fully saturated rings. The van der Waals surface area contributed by atoms with E-state index in [0.29, 0.717) is 0 Å². The first kappa shape index (κ1) is 25.5. The molecule has 1 N–H and O–H groups in total. The number of aliphatic carboxylic acids is 1. The number of allylic oxidation sites excluding steroid dienone is 1. The molecule has 31 heavy (non-hydrogen) atoms. The fourth-order valence-electron chi connectivity index (χ4n) is 4.47. The van der Waals surface area contributed by atoms with Crippen LogP contribution in [0.2, 0.25) is 5.02 Å². The molecule has 0 unspecified atom stereocenters. The largest absolute Gasteiger partial charge is 0.481 e. The van der Waals surface area contributed by atoms with Gasteiger partial charge in [-0.25, -0.2) is 0 Å². The zero-order valence-electron chi connectivity index (χ0n) is 20.3. The Hall–Kier alpha value is -1.81. The molecule has 1 aliphatic heterocycles. The van der Waals surface area contributed by atoms with Gasteiger partial charge in [-0.2, -0.15) is 0 Å². The van der Waals surface area contributed by atoms with Crippen LogP contribution in [0.25, 0.3) is 0 Å². The molecule has 0 bridgehead atoms. The van der Waals surface area contributed by atoms with Gasteiger partial charge in [-0.15, -0.1) is 0 Å². The van der Waals surface area contributed by atoms with Crippen LogP contribution in [0.15, 0.2) is 30.0 Å². The molecule has 0 spiro atoms. The second-order valence-electron chi connectivity index (χ2n) is 11.3. The van der Waals surface area contributed by atoms with Crippen LogP contribution in [0.4, 0.5) is 0 Å². The summed E-state index contributed by atoms with van der Waals surface area (Å²) in [5.41, 5.74) is 2.24. The van der Waals surface area contributed by atoms with Gasteiger partial charge < -0.3 is 10.0 Å². The number of benzene rings is 1.